The van der Waals surface area contributed by atoms with E-state index in [0.717, 1.165) is 47.0 Å². The van der Waals surface area contributed by atoms with Crippen molar-refractivity contribution in [3.05, 3.63) is 298 Å². The zero-order chi connectivity index (χ0) is 47.6. The summed E-state index contributed by atoms with van der Waals surface area (Å²) in [5.41, 5.74) is 25.2. The Labute approximate surface area is 414 Å². The second-order valence-electron chi connectivity index (χ2n) is 19.3. The van der Waals surface area contributed by atoms with Crippen LogP contribution in [0, 0.1) is 27.7 Å². The van der Waals surface area contributed by atoms with E-state index < -0.39 is 0 Å². The van der Waals surface area contributed by atoms with Gasteiger partial charge in [-0.25, -0.2) is 0 Å². The van der Waals surface area contributed by atoms with Gasteiger partial charge in [-0.05, 0) is 169 Å². The fraction of sp³-hybridized carbons (Fsp3) is 0.118. The maximum Gasteiger partial charge on any atom is 0.0462 e. The predicted octanol–water partition coefficient (Wildman–Crippen LogP) is 18.3. The van der Waals surface area contributed by atoms with Crippen LogP contribution in [-0.2, 0) is 12.8 Å². The highest BCUT2D eigenvalue weighted by molar-refractivity contribution is 5.80. The Bertz CT molecular complexity index is 2980. The van der Waals surface area contributed by atoms with E-state index in [-0.39, 0.29) is 11.8 Å². The van der Waals surface area contributed by atoms with Crippen LogP contribution >= 0.6 is 0 Å². The molecule has 0 saturated heterocycles. The Hall–Kier alpha value is -8.20. The van der Waals surface area contributed by atoms with Crippen molar-refractivity contribution >= 4 is 34.1 Å². The molecule has 1 aliphatic carbocycles. The van der Waals surface area contributed by atoms with Crippen LogP contribution in [0.3, 0.4) is 0 Å². The first kappa shape index (κ1) is 44.3. The Kier molecular flexibility index (Phi) is 12.3. The molecule has 0 amide bonds. The van der Waals surface area contributed by atoms with Gasteiger partial charge in [0.05, 0.1) is 0 Å². The minimum Gasteiger partial charge on any atom is -0.311 e. The van der Waals surface area contributed by atoms with E-state index in [9.17, 15) is 0 Å². The topological polar surface area (TPSA) is 6.48 Å². The summed E-state index contributed by atoms with van der Waals surface area (Å²) < 4.78 is 0. The molecule has 0 atom stereocenters. The van der Waals surface area contributed by atoms with Gasteiger partial charge in [0.25, 0.3) is 0 Å². The standard InChI is InChI=1S/C68H58N2/c1-47-13-33-57(34-14-47)69(58-35-15-48(2)16-36-58)61-41-29-55(30-42-61)53-25-21-51(22-26-53)45-67-63-9-5-7-11-65(63)68(66-12-8-6-10-64(66)67)46-52-23-27-54(28-24-52)56-31-43-62(44-32-56)70(59-37-17-49(3)18-38-59)60-39-19-50(4)20-40-60/h5-44,67-68H,45-46H2,1-4H3. The minimum absolute atomic E-state index is 0.279. The highest BCUT2D eigenvalue weighted by Crippen LogP contribution is 2.46. The van der Waals surface area contributed by atoms with Crippen molar-refractivity contribution in [2.24, 2.45) is 0 Å². The van der Waals surface area contributed by atoms with E-state index in [1.807, 2.05) is 0 Å². The molecule has 0 spiro atoms. The molecule has 1 aliphatic rings. The van der Waals surface area contributed by atoms with E-state index >= 15 is 0 Å². The molecule has 2 heteroatoms. The Morgan fingerprint density at radius 1 is 0.243 bits per heavy atom. The van der Waals surface area contributed by atoms with Gasteiger partial charge in [-0.3, -0.25) is 0 Å². The van der Waals surface area contributed by atoms with Gasteiger partial charge < -0.3 is 9.80 Å². The van der Waals surface area contributed by atoms with E-state index in [4.69, 9.17) is 0 Å². The summed E-state index contributed by atoms with van der Waals surface area (Å²) in [6, 6.07) is 90.1. The van der Waals surface area contributed by atoms with E-state index in [1.165, 1.54) is 77.9 Å². The molecular weight excluding hydrogens is 845 g/mol. The van der Waals surface area contributed by atoms with E-state index in [1.54, 1.807) is 0 Å². The molecular formula is C68H58N2. The Morgan fingerprint density at radius 3 is 0.671 bits per heavy atom. The summed E-state index contributed by atoms with van der Waals surface area (Å²) in [4.78, 5) is 4.67. The minimum atomic E-state index is 0.279. The normalized spacial score (nSPS) is 13.8. The first-order valence-corrected chi connectivity index (χ1v) is 24.7. The number of hydrogen-bond donors (Lipinski definition) is 0. The largest absolute Gasteiger partial charge is 0.311 e. The molecule has 340 valence electrons. The number of nitrogens with zero attached hydrogens (tertiary/aromatic N) is 2. The maximum atomic E-state index is 2.38. The summed E-state index contributed by atoms with van der Waals surface area (Å²) in [6.07, 6.45) is 1.90. The van der Waals surface area contributed by atoms with Crippen LogP contribution < -0.4 is 9.80 Å². The highest BCUT2D eigenvalue weighted by Gasteiger charge is 2.32. The van der Waals surface area contributed by atoms with Gasteiger partial charge in [0, 0.05) is 46.0 Å². The molecule has 2 nitrogen and oxygen atoms in total. The molecule has 0 N–H and O–H groups in total. The van der Waals surface area contributed by atoms with Crippen molar-refractivity contribution in [1.82, 2.24) is 0 Å². The fourth-order valence-electron chi connectivity index (χ4n) is 10.5. The maximum absolute atomic E-state index is 2.38. The second-order valence-corrected chi connectivity index (χ2v) is 19.3. The molecule has 0 fully saturated rings. The van der Waals surface area contributed by atoms with Gasteiger partial charge in [-0.1, -0.05) is 192 Å². The number of hydrogen-bond acceptors (Lipinski definition) is 2. The van der Waals surface area contributed by atoms with Crippen molar-refractivity contribution in [3.63, 3.8) is 0 Å². The van der Waals surface area contributed by atoms with Gasteiger partial charge in [0.1, 0.15) is 0 Å². The second kappa shape index (κ2) is 19.4. The van der Waals surface area contributed by atoms with Crippen LogP contribution in [0.25, 0.3) is 22.3 Å². The third kappa shape index (κ3) is 9.21. The predicted molar refractivity (Wildman–Crippen MR) is 296 cm³/mol. The van der Waals surface area contributed by atoms with Gasteiger partial charge in [-0.15, -0.1) is 0 Å². The lowest BCUT2D eigenvalue weighted by molar-refractivity contribution is 0.685. The quantitative estimate of drug-likeness (QED) is 0.121. The lowest BCUT2D eigenvalue weighted by Crippen LogP contribution is -2.21. The molecule has 0 aliphatic heterocycles. The zero-order valence-corrected chi connectivity index (χ0v) is 40.6. The first-order valence-electron chi connectivity index (χ1n) is 24.7. The molecule has 0 heterocycles. The first-order chi connectivity index (χ1) is 34.3. The van der Waals surface area contributed by atoms with Crippen LogP contribution in [0.5, 0.6) is 0 Å². The molecule has 70 heavy (non-hydrogen) atoms. The van der Waals surface area contributed by atoms with Crippen LogP contribution in [0.15, 0.2) is 243 Å². The average molecular weight is 903 g/mol. The fourth-order valence-corrected chi connectivity index (χ4v) is 10.5. The van der Waals surface area contributed by atoms with Crippen LogP contribution in [0.2, 0.25) is 0 Å². The van der Waals surface area contributed by atoms with E-state index in [2.05, 4.69) is 280 Å². The number of aryl methyl sites for hydroxylation is 4. The third-order valence-electron chi connectivity index (χ3n) is 14.4. The number of rotatable bonds is 12. The molecule has 0 saturated carbocycles. The molecule has 0 bridgehead atoms. The molecule has 10 aromatic carbocycles. The van der Waals surface area contributed by atoms with Gasteiger partial charge in [0.15, 0.2) is 0 Å². The van der Waals surface area contributed by atoms with Crippen LogP contribution in [0.1, 0.15) is 67.5 Å². The van der Waals surface area contributed by atoms with Crippen molar-refractivity contribution in [2.75, 3.05) is 9.80 Å². The van der Waals surface area contributed by atoms with Crippen molar-refractivity contribution in [1.29, 1.82) is 0 Å². The number of fused-ring (bicyclic) bond motifs is 2. The monoisotopic (exact) mass is 902 g/mol. The molecule has 0 unspecified atom stereocenters. The lowest BCUT2D eigenvalue weighted by Gasteiger charge is -2.34. The van der Waals surface area contributed by atoms with E-state index in [0.29, 0.717) is 0 Å². The van der Waals surface area contributed by atoms with Crippen molar-refractivity contribution < 1.29 is 0 Å². The van der Waals surface area contributed by atoms with Gasteiger partial charge in [0.2, 0.25) is 0 Å². The summed E-state index contributed by atoms with van der Waals surface area (Å²) in [5, 5.41) is 0. The van der Waals surface area contributed by atoms with Crippen molar-refractivity contribution in [3.8, 4) is 22.3 Å². The van der Waals surface area contributed by atoms with Crippen LogP contribution in [0.4, 0.5) is 34.1 Å². The SMILES string of the molecule is Cc1ccc(N(c2ccc(C)cc2)c2ccc(-c3ccc(CC4c5ccccc5C(Cc5ccc(-c6ccc(N(c7ccc(C)cc7)c7ccc(C)cc7)cc6)cc5)c5ccccc54)cc3)cc2)cc1. The van der Waals surface area contributed by atoms with Crippen molar-refractivity contribution in [2.45, 2.75) is 52.4 Å². The molecule has 0 aromatic heterocycles. The number of benzene rings is 10. The van der Waals surface area contributed by atoms with Crippen LogP contribution in [-0.4, -0.2) is 0 Å². The third-order valence-corrected chi connectivity index (χ3v) is 14.4. The summed E-state index contributed by atoms with van der Waals surface area (Å²) in [6.45, 7) is 8.55. The lowest BCUT2D eigenvalue weighted by atomic mass is 9.69. The zero-order valence-electron chi connectivity index (χ0n) is 40.6. The molecule has 10 aromatic rings. The van der Waals surface area contributed by atoms with Gasteiger partial charge >= 0.3 is 0 Å². The average Bonchev–Trinajstić information content (AvgIpc) is 3.40. The summed E-state index contributed by atoms with van der Waals surface area (Å²) in [7, 11) is 0. The Balaban J connectivity index is 0.805. The molecule has 11 rings (SSSR count). The number of anilines is 6. The Morgan fingerprint density at radius 2 is 0.443 bits per heavy atom. The summed E-state index contributed by atoms with van der Waals surface area (Å²) in [5.74, 6) is 0.559. The smallest absolute Gasteiger partial charge is 0.0462 e. The molecule has 0 radical (unpaired) electrons. The highest BCUT2D eigenvalue weighted by atomic mass is 15.1. The van der Waals surface area contributed by atoms with Gasteiger partial charge in [-0.2, -0.15) is 0 Å². The summed E-state index contributed by atoms with van der Waals surface area (Å²) >= 11 is 0.